The maximum absolute atomic E-state index is 13.8. The second-order valence-electron chi connectivity index (χ2n) is 12.5. The molecule has 0 radical (unpaired) electrons. The van der Waals surface area contributed by atoms with Crippen LogP contribution in [0.4, 0.5) is 65.9 Å². The summed E-state index contributed by atoms with van der Waals surface area (Å²) < 4.78 is 206. The predicted molar refractivity (Wildman–Crippen MR) is 165 cm³/mol. The molecule has 1 aromatic carbocycles. The summed E-state index contributed by atoms with van der Waals surface area (Å²) >= 11 is 0. The summed E-state index contributed by atoms with van der Waals surface area (Å²) in [5.74, 6) is -15.1. The highest BCUT2D eigenvalue weighted by Gasteiger charge is 2.85. The summed E-state index contributed by atoms with van der Waals surface area (Å²) in [6.07, 6.45) is -19.3. The molecule has 0 saturated heterocycles. The molecule has 0 spiro atoms. The van der Waals surface area contributed by atoms with Crippen LogP contribution in [-0.4, -0.2) is 65.6 Å². The first-order valence-corrected chi connectivity index (χ1v) is 17.1. The van der Waals surface area contributed by atoms with Gasteiger partial charge in [-0.2, -0.15) is 65.9 Å². The minimum absolute atomic E-state index is 0.0515. The van der Waals surface area contributed by atoms with Crippen LogP contribution in [0.25, 0.3) is 11.4 Å². The monoisotopic (exact) mass is 810 g/mol. The Morgan fingerprint density at radius 3 is 1.59 bits per heavy atom. The number of benzene rings is 1. The number of alkyl halides is 15. The van der Waals surface area contributed by atoms with Gasteiger partial charge in [-0.15, -0.1) is 0 Å². The van der Waals surface area contributed by atoms with E-state index in [1.54, 1.807) is 23.2 Å². The largest absolute Gasteiger partial charge is 0.460 e. The fourth-order valence-corrected chi connectivity index (χ4v) is 5.12. The minimum Gasteiger partial charge on any atom is -0.372 e. The molecular weight excluding hydrogens is 769 g/mol. The summed E-state index contributed by atoms with van der Waals surface area (Å²) in [6, 6.07) is 7.62. The van der Waals surface area contributed by atoms with E-state index in [2.05, 4.69) is 26.4 Å². The van der Waals surface area contributed by atoms with Crippen LogP contribution >= 0.6 is 0 Å². The topological polar surface area (TPSA) is 53.5 Å². The lowest BCUT2D eigenvalue weighted by atomic mass is 9.94. The van der Waals surface area contributed by atoms with Crippen LogP contribution < -0.4 is 0 Å². The van der Waals surface area contributed by atoms with Gasteiger partial charge >= 0.3 is 42.5 Å². The minimum atomic E-state index is -7.90. The Balaban J connectivity index is 1.85. The molecular formula is C34H41F15N2O3. The first-order chi connectivity index (χ1) is 24.9. The number of aryl methyl sites for hydroxylation is 2. The number of hydrogen-bond acceptors (Lipinski definition) is 5. The number of aromatic nitrogens is 2. The van der Waals surface area contributed by atoms with Gasteiger partial charge in [-0.3, -0.25) is 0 Å². The Bertz CT molecular complexity index is 1390. The molecule has 0 amide bonds. The first-order valence-electron chi connectivity index (χ1n) is 17.1. The summed E-state index contributed by atoms with van der Waals surface area (Å²) in [5, 5.41) is 0. The van der Waals surface area contributed by atoms with E-state index in [1.807, 2.05) is 18.2 Å². The third-order valence-electron chi connectivity index (χ3n) is 8.07. The quantitative estimate of drug-likeness (QED) is 0.0700. The Hall–Kier alpha value is -2.87. The lowest BCUT2D eigenvalue weighted by molar-refractivity contribution is -0.543. The van der Waals surface area contributed by atoms with Gasteiger partial charge in [-0.05, 0) is 55.4 Å². The number of ether oxygens (including phenoxy) is 3. The molecule has 310 valence electrons. The Morgan fingerprint density at radius 1 is 0.537 bits per heavy atom. The number of hydrogen-bond donors (Lipinski definition) is 0. The second-order valence-corrected chi connectivity index (χ2v) is 12.5. The van der Waals surface area contributed by atoms with E-state index < -0.39 is 55.7 Å². The van der Waals surface area contributed by atoms with Crippen molar-refractivity contribution in [3.05, 3.63) is 47.8 Å². The number of nitrogens with zero attached hydrogens (tertiary/aromatic N) is 2. The molecule has 0 saturated carbocycles. The molecule has 20 heteroatoms. The molecule has 0 atom stereocenters. The van der Waals surface area contributed by atoms with Gasteiger partial charge in [-0.1, -0.05) is 76.8 Å². The van der Waals surface area contributed by atoms with Gasteiger partial charge in [0.05, 0.1) is 0 Å². The van der Waals surface area contributed by atoms with E-state index in [-0.39, 0.29) is 6.42 Å². The van der Waals surface area contributed by atoms with Gasteiger partial charge in [0.25, 0.3) is 0 Å². The zero-order valence-corrected chi connectivity index (χ0v) is 29.1. The van der Waals surface area contributed by atoms with E-state index in [4.69, 9.17) is 0 Å². The predicted octanol–water partition coefficient (Wildman–Crippen LogP) is 12.2. The van der Waals surface area contributed by atoms with Crippen molar-refractivity contribution in [2.75, 3.05) is 13.2 Å². The van der Waals surface area contributed by atoms with Gasteiger partial charge in [0.15, 0.2) is 5.82 Å². The van der Waals surface area contributed by atoms with E-state index in [0.29, 0.717) is 31.5 Å². The van der Waals surface area contributed by atoms with E-state index in [0.717, 1.165) is 42.4 Å². The molecule has 0 N–H and O–H groups in total. The normalized spacial score (nSPS) is 13.9. The van der Waals surface area contributed by atoms with Gasteiger partial charge in [-0.25, -0.2) is 19.4 Å². The first kappa shape index (κ1) is 47.3. The van der Waals surface area contributed by atoms with Crippen molar-refractivity contribution < 1.29 is 80.1 Å². The molecule has 0 unspecified atom stereocenters. The lowest BCUT2D eigenvalue weighted by Gasteiger charge is -2.36. The molecule has 0 aliphatic rings. The average molecular weight is 811 g/mol. The maximum Gasteiger partial charge on any atom is 0.460 e. The van der Waals surface area contributed by atoms with Crippen LogP contribution in [-0.2, 0) is 27.1 Å². The fraction of sp³-hybridized carbons (Fsp3) is 0.706. The standard InChI is InChI=1S/C34H41F15N2O3/c1-2-3-4-5-6-7-8-12-16-25-22-26(27-50-19-14-20-51-27)18-17-24(25)15-11-9-10-13-21-52-23-28(35,36)53-33(46,47)34(48,49)54-32(44,45)30(39,40)29(37,38)31(41,42)43/h14,17-20,22H,2-13,15-16,21,23H2,1H3. The van der Waals surface area contributed by atoms with Crippen LogP contribution in [0.2, 0.25) is 0 Å². The fourth-order valence-electron chi connectivity index (χ4n) is 5.12. The van der Waals surface area contributed by atoms with Crippen molar-refractivity contribution in [3.63, 3.8) is 0 Å². The molecule has 5 nitrogen and oxygen atoms in total. The van der Waals surface area contributed by atoms with Crippen molar-refractivity contribution in [2.24, 2.45) is 0 Å². The third-order valence-corrected chi connectivity index (χ3v) is 8.07. The van der Waals surface area contributed by atoms with Gasteiger partial charge in [0, 0.05) is 24.6 Å². The molecule has 2 rings (SSSR count). The number of unbranched alkanes of at least 4 members (excludes halogenated alkanes) is 10. The zero-order chi connectivity index (χ0) is 40.9. The molecule has 54 heavy (non-hydrogen) atoms. The van der Waals surface area contributed by atoms with Crippen molar-refractivity contribution in [3.8, 4) is 11.4 Å². The highest BCUT2D eigenvalue weighted by Crippen LogP contribution is 2.56. The third kappa shape index (κ3) is 13.4. The Morgan fingerprint density at radius 2 is 1.04 bits per heavy atom. The Kier molecular flexibility index (Phi) is 17.4. The summed E-state index contributed by atoms with van der Waals surface area (Å²) in [7, 11) is 0. The summed E-state index contributed by atoms with van der Waals surface area (Å²) in [6.45, 7) is -0.606. The van der Waals surface area contributed by atoms with Gasteiger partial charge < -0.3 is 4.74 Å². The van der Waals surface area contributed by atoms with Crippen LogP contribution in [0.15, 0.2) is 36.7 Å². The SMILES string of the molecule is CCCCCCCCCCc1cc(-c2ncccn2)ccc1CCCCCCOCC(F)(F)OC(F)(F)C(F)(F)OC(F)(F)C(F)(F)C(F)(F)C(F)(F)F. The van der Waals surface area contributed by atoms with Crippen LogP contribution in [0.1, 0.15) is 95.1 Å². The van der Waals surface area contributed by atoms with Gasteiger partial charge in [0.1, 0.15) is 6.61 Å². The molecule has 1 aromatic heterocycles. The van der Waals surface area contributed by atoms with Crippen LogP contribution in [0.5, 0.6) is 0 Å². The van der Waals surface area contributed by atoms with Crippen LogP contribution in [0.3, 0.4) is 0 Å². The number of halogens is 15. The lowest BCUT2D eigenvalue weighted by Crippen LogP contribution is -2.64. The van der Waals surface area contributed by atoms with Crippen LogP contribution in [0, 0.1) is 0 Å². The van der Waals surface area contributed by atoms with Crippen molar-refractivity contribution in [1.29, 1.82) is 0 Å². The smallest absolute Gasteiger partial charge is 0.372 e. The number of rotatable bonds is 26. The molecule has 2 aromatic rings. The summed E-state index contributed by atoms with van der Waals surface area (Å²) in [4.78, 5) is 8.59. The van der Waals surface area contributed by atoms with Crippen molar-refractivity contribution in [2.45, 2.75) is 139 Å². The Labute approximate surface area is 302 Å². The average Bonchev–Trinajstić information content (AvgIpc) is 3.06. The van der Waals surface area contributed by atoms with Crippen molar-refractivity contribution in [1.82, 2.24) is 9.97 Å². The highest BCUT2D eigenvalue weighted by molar-refractivity contribution is 5.57. The maximum atomic E-state index is 13.8. The highest BCUT2D eigenvalue weighted by atomic mass is 19.4. The second kappa shape index (κ2) is 19.8. The molecule has 0 bridgehead atoms. The zero-order valence-electron chi connectivity index (χ0n) is 29.1. The van der Waals surface area contributed by atoms with E-state index in [1.165, 1.54) is 32.1 Å². The molecule has 0 fully saturated rings. The molecule has 1 heterocycles. The molecule has 0 aliphatic heterocycles. The van der Waals surface area contributed by atoms with E-state index in [9.17, 15) is 65.9 Å². The van der Waals surface area contributed by atoms with Gasteiger partial charge in [0.2, 0.25) is 0 Å². The van der Waals surface area contributed by atoms with E-state index >= 15 is 0 Å². The van der Waals surface area contributed by atoms with Crippen molar-refractivity contribution >= 4 is 0 Å². The summed E-state index contributed by atoms with van der Waals surface area (Å²) in [5.41, 5.74) is 3.06. The molecule has 0 aliphatic carbocycles.